The Hall–Kier alpha value is -1.60. The lowest BCUT2D eigenvalue weighted by Gasteiger charge is -2.22. The van der Waals surface area contributed by atoms with E-state index in [9.17, 15) is 14.7 Å². The third-order valence-corrected chi connectivity index (χ3v) is 3.21. The van der Waals surface area contributed by atoms with Crippen LogP contribution in [0, 0.1) is 0 Å². The largest absolute Gasteiger partial charge is 0.388 e. The summed E-state index contributed by atoms with van der Waals surface area (Å²) in [5.74, 6) is -0.776. The van der Waals surface area contributed by atoms with Gasteiger partial charge in [-0.15, -0.1) is 0 Å². The molecule has 0 aliphatic heterocycles. The van der Waals surface area contributed by atoms with E-state index < -0.39 is 17.4 Å². The average Bonchev–Trinajstić information content (AvgIpc) is 2.44. The van der Waals surface area contributed by atoms with Gasteiger partial charge in [-0.05, 0) is 37.5 Å². The second kappa shape index (κ2) is 7.86. The summed E-state index contributed by atoms with van der Waals surface area (Å²) in [7, 11) is 0. The Morgan fingerprint density at radius 2 is 2.20 bits per heavy atom. The molecule has 110 valence electrons. The molecule has 0 aliphatic carbocycles. The summed E-state index contributed by atoms with van der Waals surface area (Å²) in [5, 5.41) is 14.8. The van der Waals surface area contributed by atoms with E-state index in [1.54, 1.807) is 37.0 Å². The van der Waals surface area contributed by atoms with Gasteiger partial charge >= 0.3 is 11.8 Å². The van der Waals surface area contributed by atoms with Crippen molar-refractivity contribution in [1.29, 1.82) is 0 Å². The number of rotatable bonds is 6. The normalized spacial score (nSPS) is 13.3. The minimum absolute atomic E-state index is 0.0346. The Balaban J connectivity index is 2.40. The molecule has 1 aromatic heterocycles. The van der Waals surface area contributed by atoms with Crippen molar-refractivity contribution in [2.45, 2.75) is 18.9 Å². The minimum atomic E-state index is -1.02. The number of pyridine rings is 1. The van der Waals surface area contributed by atoms with Crippen LogP contribution in [0.1, 0.15) is 13.3 Å². The number of carbonyl (C=O) groups excluding carboxylic acids is 2. The lowest BCUT2D eigenvalue weighted by Crippen LogP contribution is -2.44. The van der Waals surface area contributed by atoms with Crippen molar-refractivity contribution in [3.05, 3.63) is 24.5 Å². The number of aromatic nitrogens is 1. The number of amides is 2. The van der Waals surface area contributed by atoms with Crippen LogP contribution < -0.4 is 10.6 Å². The molecule has 0 unspecified atom stereocenters. The Kier molecular flexibility index (Phi) is 6.47. The van der Waals surface area contributed by atoms with E-state index in [0.717, 1.165) is 5.75 Å². The molecule has 1 rings (SSSR count). The number of hydrogen-bond donors (Lipinski definition) is 3. The Morgan fingerprint density at radius 1 is 1.45 bits per heavy atom. The smallest absolute Gasteiger partial charge is 0.313 e. The second-order valence-corrected chi connectivity index (χ2v) is 5.60. The minimum Gasteiger partial charge on any atom is -0.388 e. The predicted molar refractivity (Wildman–Crippen MR) is 79.5 cm³/mol. The average molecular weight is 297 g/mol. The van der Waals surface area contributed by atoms with Crippen LogP contribution in [0.2, 0.25) is 0 Å². The molecule has 7 heteroatoms. The maximum absolute atomic E-state index is 11.6. The van der Waals surface area contributed by atoms with Crippen molar-refractivity contribution in [3.63, 3.8) is 0 Å². The van der Waals surface area contributed by atoms with Gasteiger partial charge in [-0.25, -0.2) is 0 Å². The number of nitrogens with one attached hydrogen (secondary N) is 2. The fourth-order valence-corrected chi connectivity index (χ4v) is 2.03. The summed E-state index contributed by atoms with van der Waals surface area (Å²) in [5.41, 5.74) is -0.574. The van der Waals surface area contributed by atoms with Crippen LogP contribution in [0.5, 0.6) is 0 Å². The molecule has 3 N–H and O–H groups in total. The number of aliphatic hydroxyl groups is 1. The summed E-state index contributed by atoms with van der Waals surface area (Å²) in [6, 6.07) is 3.29. The molecular formula is C13H19N3O3S. The lowest BCUT2D eigenvalue weighted by molar-refractivity contribution is -0.136. The van der Waals surface area contributed by atoms with Gasteiger partial charge in [-0.1, -0.05) is 0 Å². The van der Waals surface area contributed by atoms with Gasteiger partial charge in [-0.2, -0.15) is 11.8 Å². The maximum atomic E-state index is 11.6. The van der Waals surface area contributed by atoms with Gasteiger partial charge in [0, 0.05) is 12.7 Å². The van der Waals surface area contributed by atoms with Gasteiger partial charge in [0.05, 0.1) is 17.5 Å². The number of carbonyl (C=O) groups is 2. The quantitative estimate of drug-likeness (QED) is 0.670. The van der Waals surface area contributed by atoms with E-state index in [-0.39, 0.29) is 6.54 Å². The molecule has 1 atom stereocenters. The van der Waals surface area contributed by atoms with Gasteiger partial charge in [0.2, 0.25) is 0 Å². The van der Waals surface area contributed by atoms with Crippen molar-refractivity contribution < 1.29 is 14.7 Å². The number of nitrogens with zero attached hydrogens (tertiary/aromatic N) is 1. The molecule has 20 heavy (non-hydrogen) atoms. The highest BCUT2D eigenvalue weighted by atomic mass is 32.2. The van der Waals surface area contributed by atoms with Crippen LogP contribution in [-0.4, -0.2) is 46.1 Å². The first-order chi connectivity index (χ1) is 9.44. The lowest BCUT2D eigenvalue weighted by atomic mass is 10.0. The van der Waals surface area contributed by atoms with E-state index in [2.05, 4.69) is 15.6 Å². The maximum Gasteiger partial charge on any atom is 0.313 e. The van der Waals surface area contributed by atoms with Crippen LogP contribution in [0.4, 0.5) is 5.69 Å². The summed E-state index contributed by atoms with van der Waals surface area (Å²) in [6.45, 7) is 1.66. The highest BCUT2D eigenvalue weighted by molar-refractivity contribution is 7.98. The van der Waals surface area contributed by atoms with Gasteiger partial charge in [0.25, 0.3) is 0 Å². The summed E-state index contributed by atoms with van der Waals surface area (Å²) >= 11 is 1.61. The third-order valence-electron chi connectivity index (χ3n) is 2.60. The van der Waals surface area contributed by atoms with E-state index in [1.165, 1.54) is 6.20 Å². The van der Waals surface area contributed by atoms with Crippen LogP contribution in [0.15, 0.2) is 24.5 Å². The van der Waals surface area contributed by atoms with E-state index in [4.69, 9.17) is 0 Å². The zero-order valence-corrected chi connectivity index (χ0v) is 12.4. The zero-order valence-electron chi connectivity index (χ0n) is 11.5. The van der Waals surface area contributed by atoms with Gasteiger partial charge in [0.15, 0.2) is 0 Å². The molecule has 0 fully saturated rings. The van der Waals surface area contributed by atoms with Crippen molar-refractivity contribution in [3.8, 4) is 0 Å². The molecule has 0 radical (unpaired) electrons. The first-order valence-corrected chi connectivity index (χ1v) is 7.54. The topological polar surface area (TPSA) is 91.3 Å². The monoisotopic (exact) mass is 297 g/mol. The van der Waals surface area contributed by atoms with Gasteiger partial charge in [0.1, 0.15) is 0 Å². The van der Waals surface area contributed by atoms with Crippen molar-refractivity contribution >= 4 is 29.3 Å². The SMILES string of the molecule is CSCC[C@](C)(O)CNC(=O)C(=O)Nc1cccnc1. The fraction of sp³-hybridized carbons (Fsp3) is 0.462. The second-order valence-electron chi connectivity index (χ2n) is 4.62. The Morgan fingerprint density at radius 3 is 2.80 bits per heavy atom. The molecule has 0 bridgehead atoms. The predicted octanol–water partition coefficient (Wildman–Crippen LogP) is 0.640. The molecular weight excluding hydrogens is 278 g/mol. The number of anilines is 1. The standard InChI is InChI=1S/C13H19N3O3S/c1-13(19,5-7-20-2)9-15-11(17)12(18)16-10-4-3-6-14-8-10/h3-4,6,8,19H,5,7,9H2,1-2H3,(H,15,17)(H,16,18)/t13-/m0/s1. The van der Waals surface area contributed by atoms with Gasteiger partial charge < -0.3 is 15.7 Å². The molecule has 2 amide bonds. The van der Waals surface area contributed by atoms with E-state index >= 15 is 0 Å². The summed E-state index contributed by atoms with van der Waals surface area (Å²) in [6.07, 6.45) is 5.49. The summed E-state index contributed by atoms with van der Waals surface area (Å²) in [4.78, 5) is 27.0. The Bertz CT molecular complexity index is 451. The van der Waals surface area contributed by atoms with E-state index in [1.807, 2.05) is 6.26 Å². The first-order valence-electron chi connectivity index (χ1n) is 6.15. The highest BCUT2D eigenvalue weighted by Crippen LogP contribution is 2.11. The molecule has 1 aromatic rings. The molecule has 6 nitrogen and oxygen atoms in total. The van der Waals surface area contributed by atoms with Gasteiger partial charge in [-0.3, -0.25) is 14.6 Å². The van der Waals surface area contributed by atoms with Crippen molar-refractivity contribution in [2.75, 3.05) is 23.9 Å². The van der Waals surface area contributed by atoms with Crippen molar-refractivity contribution in [1.82, 2.24) is 10.3 Å². The molecule has 1 heterocycles. The zero-order chi connectivity index (χ0) is 15.0. The van der Waals surface area contributed by atoms with Crippen LogP contribution in [0.3, 0.4) is 0 Å². The highest BCUT2D eigenvalue weighted by Gasteiger charge is 2.22. The molecule has 0 spiro atoms. The molecule has 0 saturated heterocycles. The number of thioether (sulfide) groups is 1. The number of hydrogen-bond acceptors (Lipinski definition) is 5. The molecule has 0 saturated carbocycles. The summed E-state index contributed by atoms with van der Waals surface area (Å²) < 4.78 is 0. The van der Waals surface area contributed by atoms with Crippen LogP contribution >= 0.6 is 11.8 Å². The van der Waals surface area contributed by atoms with Crippen LogP contribution in [-0.2, 0) is 9.59 Å². The Labute approximate surface area is 122 Å². The van der Waals surface area contributed by atoms with Crippen LogP contribution in [0.25, 0.3) is 0 Å². The first kappa shape index (κ1) is 16.5. The fourth-order valence-electron chi connectivity index (χ4n) is 1.39. The molecule has 0 aromatic carbocycles. The molecule has 0 aliphatic rings. The third kappa shape index (κ3) is 6.03. The van der Waals surface area contributed by atoms with Crippen molar-refractivity contribution in [2.24, 2.45) is 0 Å². The van der Waals surface area contributed by atoms with E-state index in [0.29, 0.717) is 12.1 Å².